The third kappa shape index (κ3) is 3.61. The first-order chi connectivity index (χ1) is 13.6. The Morgan fingerprint density at radius 1 is 0.931 bits per heavy atom. The lowest BCUT2D eigenvalue weighted by atomic mass is 9.43. The van der Waals surface area contributed by atoms with Crippen molar-refractivity contribution >= 4 is 0 Å². The lowest BCUT2D eigenvalue weighted by Crippen LogP contribution is -2.58. The Hall–Kier alpha value is -0.120. The molecule has 4 fully saturated rings. The highest BCUT2D eigenvalue weighted by atomic mass is 16.5. The molecule has 3 nitrogen and oxygen atoms in total. The van der Waals surface area contributed by atoms with Crippen LogP contribution in [0.25, 0.3) is 0 Å². The first-order valence-corrected chi connectivity index (χ1v) is 12.6. The van der Waals surface area contributed by atoms with E-state index in [2.05, 4.69) is 34.6 Å². The van der Waals surface area contributed by atoms with Crippen LogP contribution in [0.5, 0.6) is 0 Å². The second-order valence-corrected chi connectivity index (χ2v) is 12.3. The third-order valence-electron chi connectivity index (χ3n) is 10.4. The van der Waals surface area contributed by atoms with Crippen LogP contribution in [0.4, 0.5) is 0 Å². The number of aliphatic hydroxyl groups is 2. The van der Waals surface area contributed by atoms with E-state index in [0.29, 0.717) is 29.8 Å². The molecular weight excluding hydrogens is 360 g/mol. The van der Waals surface area contributed by atoms with E-state index in [1.165, 1.54) is 38.5 Å². The zero-order valence-corrected chi connectivity index (χ0v) is 19.6. The summed E-state index contributed by atoms with van der Waals surface area (Å²) < 4.78 is 6.36. The predicted octanol–water partition coefficient (Wildman–Crippen LogP) is 5.43. The summed E-state index contributed by atoms with van der Waals surface area (Å²) in [6, 6.07) is 0. The Kier molecular flexibility index (Phi) is 5.93. The third-order valence-corrected chi connectivity index (χ3v) is 10.4. The summed E-state index contributed by atoms with van der Waals surface area (Å²) in [5, 5.41) is 20.7. The largest absolute Gasteiger partial charge is 0.396 e. The summed E-state index contributed by atoms with van der Waals surface area (Å²) in [7, 11) is 0. The number of aliphatic hydroxyl groups excluding tert-OH is 1. The van der Waals surface area contributed by atoms with Crippen molar-refractivity contribution in [3.63, 3.8) is 0 Å². The Bertz CT molecular complexity index is 583. The molecule has 0 heterocycles. The van der Waals surface area contributed by atoms with E-state index in [9.17, 15) is 10.2 Å². The Morgan fingerprint density at radius 3 is 2.38 bits per heavy atom. The van der Waals surface area contributed by atoms with E-state index in [4.69, 9.17) is 4.74 Å². The minimum Gasteiger partial charge on any atom is -0.396 e. The van der Waals surface area contributed by atoms with Gasteiger partial charge in [-0.05, 0) is 125 Å². The van der Waals surface area contributed by atoms with Gasteiger partial charge in [0, 0.05) is 6.61 Å². The Labute approximate surface area is 179 Å². The molecule has 0 aromatic heterocycles. The average Bonchev–Trinajstić information content (AvgIpc) is 3.02. The number of hydrogen-bond donors (Lipinski definition) is 2. The monoisotopic (exact) mass is 406 g/mol. The molecule has 0 radical (unpaired) electrons. The number of rotatable bonds is 5. The van der Waals surface area contributed by atoms with Crippen LogP contribution in [0.15, 0.2) is 0 Å². The van der Waals surface area contributed by atoms with Crippen molar-refractivity contribution < 1.29 is 14.9 Å². The fraction of sp³-hybridized carbons (Fsp3) is 1.00. The molecule has 9 atom stereocenters. The highest BCUT2D eigenvalue weighted by molar-refractivity contribution is 5.11. The van der Waals surface area contributed by atoms with Crippen molar-refractivity contribution in [2.45, 2.75) is 104 Å². The van der Waals surface area contributed by atoms with Gasteiger partial charge in [-0.3, -0.25) is 0 Å². The van der Waals surface area contributed by atoms with Gasteiger partial charge in [-0.15, -0.1) is 0 Å². The van der Waals surface area contributed by atoms with E-state index >= 15 is 0 Å². The SMILES string of the molecule is CC(C)OC[C@]12CC[C@@](C)(O)C[C@H]1CC[C@@H]1[C@@H]2CC[C@]2(C)C(C(C)CO)CC[C@@H]12. The van der Waals surface area contributed by atoms with Gasteiger partial charge in [0.15, 0.2) is 0 Å². The van der Waals surface area contributed by atoms with Crippen LogP contribution < -0.4 is 0 Å². The van der Waals surface area contributed by atoms with E-state index < -0.39 is 5.60 Å². The van der Waals surface area contributed by atoms with Crippen molar-refractivity contribution in [3.8, 4) is 0 Å². The normalized spacial score (nSPS) is 50.7. The summed E-state index contributed by atoms with van der Waals surface area (Å²) in [6.45, 7) is 12.5. The molecule has 0 bridgehead atoms. The maximum atomic E-state index is 10.9. The van der Waals surface area contributed by atoms with Gasteiger partial charge in [-0.1, -0.05) is 13.8 Å². The van der Waals surface area contributed by atoms with Crippen molar-refractivity contribution in [1.29, 1.82) is 0 Å². The molecule has 2 N–H and O–H groups in total. The first-order valence-electron chi connectivity index (χ1n) is 12.6. The molecule has 2 unspecified atom stereocenters. The summed E-state index contributed by atoms with van der Waals surface area (Å²) >= 11 is 0. The number of fused-ring (bicyclic) bond motifs is 5. The lowest BCUT2D eigenvalue weighted by molar-refractivity contribution is -0.184. The molecular formula is C26H46O3. The predicted molar refractivity (Wildman–Crippen MR) is 118 cm³/mol. The van der Waals surface area contributed by atoms with Gasteiger partial charge < -0.3 is 14.9 Å². The number of ether oxygens (including phenoxy) is 1. The number of hydrogen-bond acceptors (Lipinski definition) is 3. The zero-order valence-electron chi connectivity index (χ0n) is 19.6. The van der Waals surface area contributed by atoms with E-state index in [0.717, 1.165) is 43.6 Å². The smallest absolute Gasteiger partial charge is 0.0622 e. The van der Waals surface area contributed by atoms with Crippen molar-refractivity contribution in [1.82, 2.24) is 0 Å². The molecule has 0 aliphatic heterocycles. The molecule has 0 spiro atoms. The second kappa shape index (κ2) is 7.78. The van der Waals surface area contributed by atoms with Gasteiger partial charge in [-0.2, -0.15) is 0 Å². The van der Waals surface area contributed by atoms with Crippen LogP contribution in [0.3, 0.4) is 0 Å². The minimum absolute atomic E-state index is 0.275. The van der Waals surface area contributed by atoms with E-state index in [-0.39, 0.29) is 11.5 Å². The average molecular weight is 407 g/mol. The van der Waals surface area contributed by atoms with Crippen LogP contribution in [0, 0.1) is 46.3 Å². The molecule has 4 saturated carbocycles. The van der Waals surface area contributed by atoms with E-state index in [1.54, 1.807) is 0 Å². The van der Waals surface area contributed by atoms with Crippen molar-refractivity contribution in [2.75, 3.05) is 13.2 Å². The maximum Gasteiger partial charge on any atom is 0.0622 e. The molecule has 29 heavy (non-hydrogen) atoms. The van der Waals surface area contributed by atoms with Crippen molar-refractivity contribution in [3.05, 3.63) is 0 Å². The first kappa shape index (κ1) is 22.1. The summed E-state index contributed by atoms with van der Waals surface area (Å²) in [5.74, 6) is 4.13. The van der Waals surface area contributed by atoms with Gasteiger partial charge in [0.2, 0.25) is 0 Å². The molecule has 0 saturated heterocycles. The van der Waals surface area contributed by atoms with Gasteiger partial charge in [-0.25, -0.2) is 0 Å². The topological polar surface area (TPSA) is 49.7 Å². The Balaban J connectivity index is 1.62. The maximum absolute atomic E-state index is 10.9. The summed E-state index contributed by atoms with van der Waals surface area (Å²) in [5.41, 5.74) is 0.199. The molecule has 168 valence electrons. The van der Waals surface area contributed by atoms with Crippen LogP contribution >= 0.6 is 0 Å². The zero-order chi connectivity index (χ0) is 21.0. The van der Waals surface area contributed by atoms with Crippen LogP contribution in [0.2, 0.25) is 0 Å². The van der Waals surface area contributed by atoms with Crippen molar-refractivity contribution in [2.24, 2.45) is 46.3 Å². The Morgan fingerprint density at radius 2 is 1.69 bits per heavy atom. The van der Waals surface area contributed by atoms with E-state index in [1.807, 2.05) is 0 Å². The van der Waals surface area contributed by atoms with Gasteiger partial charge in [0.25, 0.3) is 0 Å². The fourth-order valence-corrected chi connectivity index (χ4v) is 8.94. The highest BCUT2D eigenvalue weighted by Crippen LogP contribution is 2.68. The molecule has 4 aliphatic carbocycles. The highest BCUT2D eigenvalue weighted by Gasteiger charge is 2.62. The lowest BCUT2D eigenvalue weighted by Gasteiger charge is -2.63. The molecule has 0 aromatic rings. The fourth-order valence-electron chi connectivity index (χ4n) is 8.94. The molecule has 4 aliphatic rings. The molecule has 0 amide bonds. The molecule has 3 heteroatoms. The molecule has 4 rings (SSSR count). The minimum atomic E-state index is -0.489. The van der Waals surface area contributed by atoms with Gasteiger partial charge in [0.1, 0.15) is 0 Å². The second-order valence-electron chi connectivity index (χ2n) is 12.3. The van der Waals surface area contributed by atoms with Crippen LogP contribution in [-0.4, -0.2) is 35.1 Å². The van der Waals surface area contributed by atoms with Gasteiger partial charge in [0.05, 0.1) is 18.3 Å². The standard InChI is InChI=1S/C26H46O3/c1-17(2)29-16-26-13-12-24(4,28)14-19(26)6-7-20-22-9-8-21(18(3)15-27)25(22,5)11-10-23(20)26/h17-23,27-28H,6-16H2,1-5H3/t18?,19-,20+,21?,22+,23+,24-,25-,26-/m1/s1. The van der Waals surface area contributed by atoms with Gasteiger partial charge >= 0.3 is 0 Å². The molecule has 0 aromatic carbocycles. The summed E-state index contributed by atoms with van der Waals surface area (Å²) in [4.78, 5) is 0. The quantitative estimate of drug-likeness (QED) is 0.640. The summed E-state index contributed by atoms with van der Waals surface area (Å²) in [6.07, 6.45) is 11.2. The van der Waals surface area contributed by atoms with Crippen LogP contribution in [-0.2, 0) is 4.74 Å². The van der Waals surface area contributed by atoms with Crippen LogP contribution in [0.1, 0.15) is 92.4 Å².